The van der Waals surface area contributed by atoms with E-state index in [-0.39, 0.29) is 23.0 Å². The number of carbonyl (C=O) groups is 1. The predicted molar refractivity (Wildman–Crippen MR) is 90.7 cm³/mol. The van der Waals surface area contributed by atoms with Crippen LogP contribution in [0.15, 0.2) is 28.1 Å². The minimum Gasteiger partial charge on any atom is -0.460 e. The highest BCUT2D eigenvalue weighted by molar-refractivity contribution is 7.90. The molecule has 0 saturated carbocycles. The summed E-state index contributed by atoms with van der Waals surface area (Å²) >= 11 is 0. The Balaban J connectivity index is 2.47. The van der Waals surface area contributed by atoms with E-state index in [1.807, 2.05) is 0 Å². The van der Waals surface area contributed by atoms with Gasteiger partial charge >= 0.3 is 5.97 Å². The zero-order valence-corrected chi connectivity index (χ0v) is 15.2. The second kappa shape index (κ2) is 6.18. The molecule has 6 nitrogen and oxygen atoms in total. The molecule has 122 valence electrons. The number of carbonyl (C=O) groups excluding carboxylic acids is 1. The number of fused-ring (bicyclic) bond motifs is 1. The summed E-state index contributed by atoms with van der Waals surface area (Å²) in [7, 11) is -5.43. The van der Waals surface area contributed by atoms with Crippen molar-refractivity contribution in [2.45, 2.75) is 31.5 Å². The van der Waals surface area contributed by atoms with Crippen LogP contribution in [0, 0.1) is 11.5 Å². The molecular weight excluding hydrogens is 332 g/mol. The third kappa shape index (κ3) is 4.21. The summed E-state index contributed by atoms with van der Waals surface area (Å²) in [5.41, 5.74) is 3.98. The first-order valence-electron chi connectivity index (χ1n) is 7.08. The number of sulfonamides is 1. The van der Waals surface area contributed by atoms with Crippen molar-refractivity contribution in [3.63, 3.8) is 0 Å². The van der Waals surface area contributed by atoms with Crippen LogP contribution in [0.4, 0.5) is 5.69 Å². The van der Waals surface area contributed by atoms with Crippen LogP contribution in [0.25, 0.3) is 0 Å². The summed E-state index contributed by atoms with van der Waals surface area (Å²) in [4.78, 5) is 15.7. The summed E-state index contributed by atoms with van der Waals surface area (Å²) in [5, 5.41) is 0. The number of ether oxygens (including phenoxy) is 1. The smallest absolute Gasteiger partial charge is 0.375 e. The van der Waals surface area contributed by atoms with Crippen molar-refractivity contribution in [1.82, 2.24) is 4.72 Å². The molecule has 1 heterocycles. The van der Waals surface area contributed by atoms with Crippen molar-refractivity contribution in [3.05, 3.63) is 23.8 Å². The molecule has 0 atom stereocenters. The Morgan fingerprint density at radius 3 is 2.65 bits per heavy atom. The van der Waals surface area contributed by atoms with Gasteiger partial charge in [-0.2, -0.15) is 0 Å². The van der Waals surface area contributed by atoms with Gasteiger partial charge in [-0.15, -0.1) is 5.54 Å². The van der Waals surface area contributed by atoms with Crippen LogP contribution in [0.1, 0.15) is 12.5 Å². The molecule has 0 unspecified atom stereocenters. The third-order valence-corrected chi connectivity index (χ3v) is 5.01. The first kappa shape index (κ1) is 17.2. The fraction of sp³-hybridized carbons (Fsp3) is 0.333. The van der Waals surface area contributed by atoms with Crippen LogP contribution in [0.5, 0.6) is 0 Å². The molecule has 0 radical (unpaired) electrons. The van der Waals surface area contributed by atoms with E-state index in [1.165, 1.54) is 6.07 Å². The monoisotopic (exact) mass is 350 g/mol. The van der Waals surface area contributed by atoms with Crippen LogP contribution < -0.4 is 4.72 Å². The molecule has 0 aliphatic carbocycles. The summed E-state index contributed by atoms with van der Waals surface area (Å²) in [6.07, 6.45) is 0. The molecule has 0 aromatic heterocycles. The Bertz CT molecular complexity index is 842. The van der Waals surface area contributed by atoms with Gasteiger partial charge in [0.05, 0.1) is 12.3 Å². The minimum atomic E-state index is -3.87. The van der Waals surface area contributed by atoms with E-state index in [4.69, 9.17) is 4.74 Å². The van der Waals surface area contributed by atoms with Crippen LogP contribution >= 0.6 is 0 Å². The Kier molecular flexibility index (Phi) is 4.63. The van der Waals surface area contributed by atoms with E-state index in [1.54, 1.807) is 19.1 Å². The molecule has 1 aliphatic rings. The molecule has 0 bridgehead atoms. The van der Waals surface area contributed by atoms with E-state index in [0.717, 1.165) is 0 Å². The number of nitrogens with one attached hydrogen (secondary N) is 1. The molecule has 2 rings (SSSR count). The molecule has 1 aromatic rings. The lowest BCUT2D eigenvalue weighted by atomic mass is 10.2. The largest absolute Gasteiger partial charge is 0.460 e. The quantitative estimate of drug-likeness (QED) is 0.501. The molecular formula is C15H18N2O4SSi. The van der Waals surface area contributed by atoms with Crippen LogP contribution in [0.3, 0.4) is 0 Å². The van der Waals surface area contributed by atoms with Gasteiger partial charge in [-0.1, -0.05) is 25.6 Å². The second-order valence-corrected chi connectivity index (χ2v) is 12.4. The number of aliphatic imine (C=N–C) groups is 1. The molecule has 0 fully saturated rings. The van der Waals surface area contributed by atoms with E-state index in [0.29, 0.717) is 5.56 Å². The number of amidine groups is 1. The first-order valence-corrected chi connectivity index (χ1v) is 12.1. The Hall–Kier alpha value is -2.11. The van der Waals surface area contributed by atoms with Gasteiger partial charge in [-0.05, 0) is 25.1 Å². The van der Waals surface area contributed by atoms with Crippen LogP contribution in [0.2, 0.25) is 19.6 Å². The fourth-order valence-corrected chi connectivity index (χ4v) is 3.46. The number of rotatable bonds is 2. The number of hydrogen-bond acceptors (Lipinski definition) is 5. The molecule has 1 aromatic carbocycles. The van der Waals surface area contributed by atoms with Gasteiger partial charge in [0.1, 0.15) is 13.0 Å². The molecule has 23 heavy (non-hydrogen) atoms. The van der Waals surface area contributed by atoms with Crippen molar-refractivity contribution in [2.24, 2.45) is 4.99 Å². The van der Waals surface area contributed by atoms with Gasteiger partial charge in [-0.3, -0.25) is 4.72 Å². The number of nitrogens with zero attached hydrogens (tertiary/aromatic N) is 1. The number of benzene rings is 1. The second-order valence-electron chi connectivity index (χ2n) is 5.97. The van der Waals surface area contributed by atoms with Gasteiger partial charge in [0.2, 0.25) is 5.84 Å². The van der Waals surface area contributed by atoms with Crippen molar-refractivity contribution in [2.75, 3.05) is 6.61 Å². The molecule has 1 aliphatic heterocycles. The maximum Gasteiger partial charge on any atom is 0.375 e. The van der Waals surface area contributed by atoms with Gasteiger partial charge in [0.25, 0.3) is 10.0 Å². The lowest BCUT2D eigenvalue weighted by molar-refractivity contribution is -0.135. The molecule has 0 saturated heterocycles. The Labute approximate surface area is 137 Å². The van der Waals surface area contributed by atoms with E-state index < -0.39 is 24.1 Å². The van der Waals surface area contributed by atoms with Gasteiger partial charge < -0.3 is 4.74 Å². The van der Waals surface area contributed by atoms with E-state index in [2.05, 4.69) is 40.8 Å². The number of hydrogen-bond donors (Lipinski definition) is 1. The third-order valence-electron chi connectivity index (χ3n) is 2.76. The standard InChI is InChI=1S/C15H18N2O4SSi/c1-5-21-15(18)14-16-12-7-6-11(8-9-23(2,3)4)10-13(12)22(19,20)17-14/h6-7,10H,5H2,1-4H3,(H,16,17). The van der Waals surface area contributed by atoms with Crippen LogP contribution in [-0.2, 0) is 19.6 Å². The maximum atomic E-state index is 12.3. The predicted octanol–water partition coefficient (Wildman–Crippen LogP) is 1.80. The Morgan fingerprint density at radius 1 is 1.35 bits per heavy atom. The van der Waals surface area contributed by atoms with Crippen molar-refractivity contribution < 1.29 is 17.9 Å². The summed E-state index contributed by atoms with van der Waals surface area (Å²) in [6, 6.07) is 4.70. The highest BCUT2D eigenvalue weighted by atomic mass is 32.2. The minimum absolute atomic E-state index is 0.00734. The first-order chi connectivity index (χ1) is 10.6. The van der Waals surface area contributed by atoms with Crippen molar-refractivity contribution >= 4 is 35.6 Å². The molecule has 8 heteroatoms. The maximum absolute atomic E-state index is 12.3. The average Bonchev–Trinajstić information content (AvgIpc) is 2.44. The topological polar surface area (TPSA) is 84.8 Å². The van der Waals surface area contributed by atoms with Crippen molar-refractivity contribution in [3.8, 4) is 11.5 Å². The molecule has 0 amide bonds. The van der Waals surface area contributed by atoms with Gasteiger partial charge in [-0.25, -0.2) is 18.2 Å². The average molecular weight is 350 g/mol. The highest BCUT2D eigenvalue weighted by Gasteiger charge is 2.29. The molecule has 0 spiro atoms. The van der Waals surface area contributed by atoms with Gasteiger partial charge in [0, 0.05) is 5.56 Å². The summed E-state index contributed by atoms with van der Waals surface area (Å²) < 4.78 is 31.5. The Morgan fingerprint density at radius 2 is 2.04 bits per heavy atom. The SMILES string of the molecule is CCOC(=O)C1=Nc2ccc(C#C[Si](C)(C)C)cc2S(=O)(=O)N1. The normalized spacial score (nSPS) is 15.4. The highest BCUT2D eigenvalue weighted by Crippen LogP contribution is 2.28. The fourth-order valence-electron chi connectivity index (χ4n) is 1.77. The van der Waals surface area contributed by atoms with E-state index in [9.17, 15) is 13.2 Å². The zero-order chi connectivity index (χ0) is 17.3. The lowest BCUT2D eigenvalue weighted by Crippen LogP contribution is -2.39. The summed E-state index contributed by atoms with van der Waals surface area (Å²) in [6.45, 7) is 8.08. The molecule has 1 N–H and O–H groups in total. The summed E-state index contributed by atoms with van der Waals surface area (Å²) in [5.74, 6) is 1.87. The number of esters is 1. The zero-order valence-electron chi connectivity index (χ0n) is 13.4. The lowest BCUT2D eigenvalue weighted by Gasteiger charge is -2.17. The van der Waals surface area contributed by atoms with E-state index >= 15 is 0 Å². The van der Waals surface area contributed by atoms with Crippen molar-refractivity contribution in [1.29, 1.82) is 0 Å². The van der Waals surface area contributed by atoms with Crippen LogP contribution in [-0.4, -0.2) is 34.9 Å². The van der Waals surface area contributed by atoms with Gasteiger partial charge in [0.15, 0.2) is 0 Å².